The third kappa shape index (κ3) is 5.70. The second-order valence-corrected chi connectivity index (χ2v) is 6.63. The highest BCUT2D eigenvalue weighted by Crippen LogP contribution is 2.19. The van der Waals surface area contributed by atoms with Crippen molar-refractivity contribution < 1.29 is 9.59 Å². The van der Waals surface area contributed by atoms with Gasteiger partial charge >= 0.3 is 11.8 Å². The van der Waals surface area contributed by atoms with Gasteiger partial charge in [-0.2, -0.15) is 5.10 Å². The summed E-state index contributed by atoms with van der Waals surface area (Å²) in [7, 11) is 0. The average Bonchev–Trinajstić information content (AvgIpc) is 2.99. The van der Waals surface area contributed by atoms with Crippen LogP contribution in [0.25, 0.3) is 11.4 Å². The Bertz CT molecular complexity index is 739. The van der Waals surface area contributed by atoms with Crippen molar-refractivity contribution in [1.82, 2.24) is 20.5 Å². The summed E-state index contributed by atoms with van der Waals surface area (Å²) in [6.45, 7) is 7.97. The van der Waals surface area contributed by atoms with Crippen LogP contribution < -0.4 is 10.6 Å². The van der Waals surface area contributed by atoms with Gasteiger partial charge in [0.15, 0.2) is 5.82 Å². The molecule has 0 saturated carbocycles. The van der Waals surface area contributed by atoms with Crippen LogP contribution in [0.4, 0.5) is 5.69 Å². The zero-order chi connectivity index (χ0) is 18.4. The van der Waals surface area contributed by atoms with E-state index < -0.39 is 11.8 Å². The number of aromatic nitrogens is 3. The first-order valence-corrected chi connectivity index (χ1v) is 8.46. The molecular formula is C18H25N5O2. The lowest BCUT2D eigenvalue weighted by Crippen LogP contribution is -2.40. The number of carbonyl (C=O) groups is 2. The maximum Gasteiger partial charge on any atom is 0.313 e. The van der Waals surface area contributed by atoms with E-state index in [9.17, 15) is 9.59 Å². The van der Waals surface area contributed by atoms with Crippen LogP contribution in [-0.4, -0.2) is 33.0 Å². The lowest BCUT2D eigenvalue weighted by atomic mass is 10.0. The third-order valence-electron chi connectivity index (χ3n) is 3.74. The summed E-state index contributed by atoms with van der Waals surface area (Å²) in [6.07, 6.45) is 1.84. The minimum absolute atomic E-state index is 0.0387. The summed E-state index contributed by atoms with van der Waals surface area (Å²) in [4.78, 5) is 28.3. The van der Waals surface area contributed by atoms with Gasteiger partial charge in [-0.1, -0.05) is 26.0 Å². The molecule has 2 amide bonds. The molecule has 0 bridgehead atoms. The molecule has 0 saturated heterocycles. The van der Waals surface area contributed by atoms with Gasteiger partial charge in [-0.25, -0.2) is 4.98 Å². The van der Waals surface area contributed by atoms with Crippen LogP contribution in [0.2, 0.25) is 0 Å². The Morgan fingerprint density at radius 1 is 1.16 bits per heavy atom. The summed E-state index contributed by atoms with van der Waals surface area (Å²) in [5.41, 5.74) is 1.28. The number of carbonyl (C=O) groups excluding carboxylic acids is 2. The first-order chi connectivity index (χ1) is 11.8. The van der Waals surface area contributed by atoms with Gasteiger partial charge in [-0.05, 0) is 44.7 Å². The molecule has 0 fully saturated rings. The minimum Gasteiger partial charge on any atom is -0.345 e. The van der Waals surface area contributed by atoms with E-state index >= 15 is 0 Å². The number of nitrogens with one attached hydrogen (secondary N) is 3. The van der Waals surface area contributed by atoms with Gasteiger partial charge in [0.25, 0.3) is 0 Å². The maximum absolute atomic E-state index is 12.1. The number of rotatable bonds is 6. The summed E-state index contributed by atoms with van der Waals surface area (Å²) in [5, 5.41) is 12.2. The first-order valence-electron chi connectivity index (χ1n) is 8.46. The highest BCUT2D eigenvalue weighted by atomic mass is 16.2. The Hall–Kier alpha value is -2.70. The number of nitrogens with zero attached hydrogens (tertiary/aromatic N) is 2. The van der Waals surface area contributed by atoms with E-state index in [1.165, 1.54) is 0 Å². The highest BCUT2D eigenvalue weighted by Gasteiger charge is 2.17. The minimum atomic E-state index is -0.681. The Morgan fingerprint density at radius 3 is 2.56 bits per heavy atom. The average molecular weight is 343 g/mol. The van der Waals surface area contributed by atoms with Gasteiger partial charge in [-0.3, -0.25) is 14.7 Å². The topological polar surface area (TPSA) is 99.8 Å². The number of anilines is 1. The van der Waals surface area contributed by atoms with E-state index in [4.69, 9.17) is 0 Å². The van der Waals surface area contributed by atoms with Crippen molar-refractivity contribution in [3.05, 3.63) is 30.1 Å². The molecule has 1 aromatic carbocycles. The molecule has 1 heterocycles. The van der Waals surface area contributed by atoms with E-state index in [-0.39, 0.29) is 6.04 Å². The molecule has 0 aliphatic carbocycles. The number of benzene rings is 1. The van der Waals surface area contributed by atoms with Crippen LogP contribution in [0.1, 0.15) is 39.4 Å². The third-order valence-corrected chi connectivity index (χ3v) is 3.74. The van der Waals surface area contributed by atoms with E-state index in [1.807, 2.05) is 19.9 Å². The number of aryl methyl sites for hydroxylation is 1. The maximum atomic E-state index is 12.1. The van der Waals surface area contributed by atoms with Crippen molar-refractivity contribution in [2.24, 2.45) is 5.92 Å². The molecule has 0 unspecified atom stereocenters. The van der Waals surface area contributed by atoms with Crippen molar-refractivity contribution in [2.75, 3.05) is 5.32 Å². The number of hydrogen-bond donors (Lipinski definition) is 3. The van der Waals surface area contributed by atoms with Gasteiger partial charge in [0, 0.05) is 17.3 Å². The lowest BCUT2D eigenvalue weighted by molar-refractivity contribution is -0.136. The summed E-state index contributed by atoms with van der Waals surface area (Å²) < 4.78 is 0. The fourth-order valence-corrected chi connectivity index (χ4v) is 2.34. The van der Waals surface area contributed by atoms with E-state index in [0.717, 1.165) is 18.4 Å². The standard InChI is InChI=1S/C18H25N5O2/c1-11(2)8-9-12(3)19-17(24)18(25)21-15-7-5-6-14(10-15)16-20-13(4)22-23-16/h5-7,10-12H,8-9H2,1-4H3,(H,19,24)(H,21,25)(H,20,22,23)/t12-/m0/s1. The van der Waals surface area contributed by atoms with Crippen LogP contribution >= 0.6 is 0 Å². The Morgan fingerprint density at radius 2 is 1.92 bits per heavy atom. The van der Waals surface area contributed by atoms with E-state index in [1.54, 1.807) is 18.2 Å². The largest absolute Gasteiger partial charge is 0.345 e. The smallest absolute Gasteiger partial charge is 0.313 e. The molecule has 2 rings (SSSR count). The molecule has 7 nitrogen and oxygen atoms in total. The molecule has 7 heteroatoms. The molecular weight excluding hydrogens is 318 g/mol. The van der Waals surface area contributed by atoms with Crippen LogP contribution in [0.5, 0.6) is 0 Å². The second kappa shape index (κ2) is 8.41. The lowest BCUT2D eigenvalue weighted by Gasteiger charge is -2.15. The summed E-state index contributed by atoms with van der Waals surface area (Å²) in [5.74, 6) is 0.505. The van der Waals surface area contributed by atoms with Gasteiger partial charge < -0.3 is 10.6 Å². The number of amides is 2. The molecule has 3 N–H and O–H groups in total. The van der Waals surface area contributed by atoms with Crippen LogP contribution in [0.3, 0.4) is 0 Å². The number of hydrogen-bond acceptors (Lipinski definition) is 4. The molecule has 0 radical (unpaired) electrons. The SMILES string of the molecule is Cc1nc(-c2cccc(NC(=O)C(=O)N[C@@H](C)CCC(C)C)c2)n[nH]1. The predicted octanol–water partition coefficient (Wildman–Crippen LogP) is 2.66. The van der Waals surface area contributed by atoms with Gasteiger partial charge in [0.1, 0.15) is 5.82 Å². The molecule has 1 aromatic heterocycles. The van der Waals surface area contributed by atoms with Crippen molar-refractivity contribution in [1.29, 1.82) is 0 Å². The number of aromatic amines is 1. The first kappa shape index (κ1) is 18.6. The highest BCUT2D eigenvalue weighted by molar-refractivity contribution is 6.39. The molecule has 2 aromatic rings. The van der Waals surface area contributed by atoms with E-state index in [0.29, 0.717) is 23.3 Å². The molecule has 0 aliphatic rings. The summed E-state index contributed by atoms with van der Waals surface area (Å²) >= 11 is 0. The van der Waals surface area contributed by atoms with Crippen molar-refractivity contribution in [2.45, 2.75) is 46.6 Å². The van der Waals surface area contributed by atoms with Crippen molar-refractivity contribution in [3.63, 3.8) is 0 Å². The quantitative estimate of drug-likeness (QED) is 0.702. The van der Waals surface area contributed by atoms with Gasteiger partial charge in [0.05, 0.1) is 0 Å². The van der Waals surface area contributed by atoms with Gasteiger partial charge in [0.2, 0.25) is 0 Å². The Kier molecular flexibility index (Phi) is 6.27. The predicted molar refractivity (Wildman–Crippen MR) is 96.9 cm³/mol. The monoisotopic (exact) mass is 343 g/mol. The zero-order valence-corrected chi connectivity index (χ0v) is 15.1. The molecule has 134 valence electrons. The van der Waals surface area contributed by atoms with Crippen LogP contribution in [0.15, 0.2) is 24.3 Å². The fraction of sp³-hybridized carbons (Fsp3) is 0.444. The Balaban J connectivity index is 1.95. The normalized spacial score (nSPS) is 12.0. The molecule has 1 atom stereocenters. The Labute approximate surface area is 147 Å². The zero-order valence-electron chi connectivity index (χ0n) is 15.1. The number of H-pyrrole nitrogens is 1. The molecule has 0 spiro atoms. The second-order valence-electron chi connectivity index (χ2n) is 6.63. The molecule has 0 aliphatic heterocycles. The van der Waals surface area contributed by atoms with Crippen molar-refractivity contribution in [3.8, 4) is 11.4 Å². The fourth-order valence-electron chi connectivity index (χ4n) is 2.34. The van der Waals surface area contributed by atoms with E-state index in [2.05, 4.69) is 39.7 Å². The summed E-state index contributed by atoms with van der Waals surface area (Å²) in [6, 6.07) is 7.03. The van der Waals surface area contributed by atoms with Crippen molar-refractivity contribution >= 4 is 17.5 Å². The van der Waals surface area contributed by atoms with Crippen LogP contribution in [-0.2, 0) is 9.59 Å². The van der Waals surface area contributed by atoms with Crippen LogP contribution in [0, 0.1) is 12.8 Å². The van der Waals surface area contributed by atoms with Gasteiger partial charge in [-0.15, -0.1) is 0 Å². The molecule has 25 heavy (non-hydrogen) atoms.